The van der Waals surface area contributed by atoms with Gasteiger partial charge >= 0.3 is 0 Å². The quantitative estimate of drug-likeness (QED) is 0.328. The van der Waals surface area contributed by atoms with Crippen molar-refractivity contribution in [2.24, 2.45) is 11.3 Å². The fraction of sp³-hybridized carbons (Fsp3) is 0.400. The van der Waals surface area contributed by atoms with E-state index in [9.17, 15) is 23.2 Å². The molecule has 8 nitrogen and oxygen atoms in total. The average Bonchev–Trinajstić information content (AvgIpc) is 3.28. The lowest BCUT2D eigenvalue weighted by Gasteiger charge is -2.27. The first-order valence-electron chi connectivity index (χ1n) is 11.3. The second-order valence-corrected chi connectivity index (χ2v) is 9.86. The van der Waals surface area contributed by atoms with Crippen molar-refractivity contribution in [3.05, 3.63) is 59.2 Å². The number of likely N-dealkylation sites (tertiary alicyclic amines) is 1. The SMILES string of the molecule is CN(C)C[C@@]1(C)C[C@@H](C(=O)NN)N(C(=O)CNC(=O)c2ccc3c(c2)-c2ccccc2C3(F)F)C1. The topological polar surface area (TPSA) is 108 Å². The number of hydrazine groups is 1. The molecule has 2 aromatic carbocycles. The van der Waals surface area contributed by atoms with Crippen molar-refractivity contribution in [1.29, 1.82) is 0 Å². The maximum Gasteiger partial charge on any atom is 0.299 e. The molecule has 1 aliphatic heterocycles. The number of carbonyl (C=O) groups excluding carboxylic acids is 3. The van der Waals surface area contributed by atoms with Crippen LogP contribution in [0.2, 0.25) is 0 Å². The molecule has 186 valence electrons. The Bertz CT molecular complexity index is 1190. The van der Waals surface area contributed by atoms with Gasteiger partial charge in [-0.1, -0.05) is 37.3 Å². The molecule has 1 fully saturated rings. The molecule has 2 aromatic rings. The van der Waals surface area contributed by atoms with Crippen molar-refractivity contribution in [1.82, 2.24) is 20.5 Å². The maximum absolute atomic E-state index is 14.8. The van der Waals surface area contributed by atoms with E-state index in [2.05, 4.69) is 10.7 Å². The Hall–Kier alpha value is -3.37. The largest absolute Gasteiger partial charge is 0.343 e. The highest BCUT2D eigenvalue weighted by molar-refractivity contribution is 5.99. The molecule has 4 rings (SSSR count). The summed E-state index contributed by atoms with van der Waals surface area (Å²) in [4.78, 5) is 41.6. The van der Waals surface area contributed by atoms with E-state index in [1.54, 1.807) is 18.2 Å². The van der Waals surface area contributed by atoms with Gasteiger partial charge in [0, 0.05) is 35.2 Å². The van der Waals surface area contributed by atoms with Gasteiger partial charge < -0.3 is 15.1 Å². The van der Waals surface area contributed by atoms with Gasteiger partial charge in [-0.05, 0) is 43.8 Å². The lowest BCUT2D eigenvalue weighted by Crippen LogP contribution is -2.50. The second-order valence-electron chi connectivity index (χ2n) is 9.86. The number of hydrogen-bond donors (Lipinski definition) is 3. The van der Waals surface area contributed by atoms with E-state index in [1.807, 2.05) is 25.9 Å². The number of carbonyl (C=O) groups is 3. The van der Waals surface area contributed by atoms with Gasteiger partial charge in [0.1, 0.15) is 6.04 Å². The standard InChI is InChI=1S/C25H29F2N5O3/c1-24(13-31(2)3)11-20(23(35)30-28)32(14-24)21(33)12-29-22(34)15-8-9-19-17(10-15)16-6-4-5-7-18(16)25(19,26)27/h4-10,20H,11-14,28H2,1-3H3,(H,29,34)(H,30,35)/t20-,24+/m0/s1. The van der Waals surface area contributed by atoms with E-state index in [1.165, 1.54) is 29.2 Å². The first-order valence-corrected chi connectivity index (χ1v) is 11.3. The van der Waals surface area contributed by atoms with E-state index < -0.39 is 29.7 Å². The molecular formula is C25H29F2N5O3. The summed E-state index contributed by atoms with van der Waals surface area (Å²) in [5.74, 6) is 0.738. The number of nitrogens with zero attached hydrogens (tertiary/aromatic N) is 2. The zero-order valence-electron chi connectivity index (χ0n) is 19.9. The summed E-state index contributed by atoms with van der Waals surface area (Å²) >= 11 is 0. The van der Waals surface area contributed by atoms with Gasteiger partial charge in [-0.3, -0.25) is 19.8 Å². The normalized spacial score (nSPS) is 22.0. The highest BCUT2D eigenvalue weighted by atomic mass is 19.3. The number of rotatable bonds is 6. The zero-order chi connectivity index (χ0) is 25.5. The second kappa shape index (κ2) is 9.01. The number of fused-ring (bicyclic) bond motifs is 3. The van der Waals surface area contributed by atoms with E-state index in [0.29, 0.717) is 30.6 Å². The Balaban J connectivity index is 1.48. The van der Waals surface area contributed by atoms with Crippen molar-refractivity contribution in [3.63, 3.8) is 0 Å². The van der Waals surface area contributed by atoms with Crippen LogP contribution in [-0.4, -0.2) is 67.3 Å². The average molecular weight is 486 g/mol. The van der Waals surface area contributed by atoms with Crippen LogP contribution in [0.4, 0.5) is 8.78 Å². The van der Waals surface area contributed by atoms with E-state index in [0.717, 1.165) is 0 Å². The maximum atomic E-state index is 14.8. The summed E-state index contributed by atoms with van der Waals surface area (Å²) in [5, 5.41) is 2.57. The van der Waals surface area contributed by atoms with Crippen LogP contribution in [0.1, 0.15) is 34.8 Å². The molecule has 0 radical (unpaired) electrons. The van der Waals surface area contributed by atoms with Gasteiger partial charge in [0.2, 0.25) is 5.91 Å². The van der Waals surface area contributed by atoms with Crippen molar-refractivity contribution in [3.8, 4) is 11.1 Å². The third-order valence-electron chi connectivity index (χ3n) is 6.65. The minimum Gasteiger partial charge on any atom is -0.343 e. The summed E-state index contributed by atoms with van der Waals surface area (Å²) in [6.45, 7) is 2.66. The molecule has 2 atom stereocenters. The number of nitrogens with two attached hydrogens (primary N) is 1. The number of alkyl halides is 2. The van der Waals surface area contributed by atoms with Crippen LogP contribution in [0.5, 0.6) is 0 Å². The van der Waals surface area contributed by atoms with Gasteiger partial charge in [-0.2, -0.15) is 8.78 Å². The lowest BCUT2D eigenvalue weighted by atomic mass is 9.87. The van der Waals surface area contributed by atoms with Crippen LogP contribution in [0.3, 0.4) is 0 Å². The van der Waals surface area contributed by atoms with Crippen LogP contribution >= 0.6 is 0 Å². The van der Waals surface area contributed by atoms with Crippen LogP contribution in [0.25, 0.3) is 11.1 Å². The van der Waals surface area contributed by atoms with Crippen LogP contribution in [0.15, 0.2) is 42.5 Å². The Morgan fingerprint density at radius 2 is 1.80 bits per heavy atom. The molecule has 0 aromatic heterocycles. The number of halogens is 2. The van der Waals surface area contributed by atoms with Crippen molar-refractivity contribution in [2.75, 3.05) is 33.7 Å². The third-order valence-corrected chi connectivity index (χ3v) is 6.65. The third kappa shape index (κ3) is 4.51. The molecule has 3 amide bonds. The molecular weight excluding hydrogens is 456 g/mol. The molecule has 10 heteroatoms. The van der Waals surface area contributed by atoms with Gasteiger partial charge in [-0.15, -0.1) is 0 Å². The predicted molar refractivity (Wildman–Crippen MR) is 126 cm³/mol. The Morgan fingerprint density at radius 1 is 1.11 bits per heavy atom. The molecule has 0 saturated carbocycles. The van der Waals surface area contributed by atoms with Crippen LogP contribution < -0.4 is 16.6 Å². The molecule has 1 heterocycles. The van der Waals surface area contributed by atoms with Gasteiger partial charge in [0.25, 0.3) is 17.7 Å². The van der Waals surface area contributed by atoms with E-state index in [-0.39, 0.29) is 28.7 Å². The Labute approximate surface area is 202 Å². The van der Waals surface area contributed by atoms with Crippen molar-refractivity contribution in [2.45, 2.75) is 25.3 Å². The summed E-state index contributed by atoms with van der Waals surface area (Å²) in [6.07, 6.45) is 0.437. The van der Waals surface area contributed by atoms with Crippen LogP contribution in [0, 0.1) is 5.41 Å². The first kappa shape index (κ1) is 24.7. The lowest BCUT2D eigenvalue weighted by molar-refractivity contribution is -0.137. The Kier molecular flexibility index (Phi) is 6.37. The van der Waals surface area contributed by atoms with E-state index >= 15 is 0 Å². The number of benzene rings is 2. The van der Waals surface area contributed by atoms with Crippen molar-refractivity contribution >= 4 is 17.7 Å². The van der Waals surface area contributed by atoms with Crippen molar-refractivity contribution < 1.29 is 23.2 Å². The summed E-state index contributed by atoms with van der Waals surface area (Å²) < 4.78 is 29.5. The summed E-state index contributed by atoms with van der Waals surface area (Å²) in [6, 6.07) is 9.45. The van der Waals surface area contributed by atoms with E-state index in [4.69, 9.17) is 5.84 Å². The molecule has 2 aliphatic rings. The number of nitrogens with one attached hydrogen (secondary N) is 2. The molecule has 0 bridgehead atoms. The zero-order valence-corrected chi connectivity index (χ0v) is 19.9. The monoisotopic (exact) mass is 485 g/mol. The number of hydrogen-bond acceptors (Lipinski definition) is 5. The first-order chi connectivity index (χ1) is 16.5. The molecule has 0 spiro atoms. The molecule has 0 unspecified atom stereocenters. The minimum atomic E-state index is -3.13. The highest BCUT2D eigenvalue weighted by Gasteiger charge is 2.46. The Morgan fingerprint density at radius 3 is 2.49 bits per heavy atom. The summed E-state index contributed by atoms with van der Waals surface area (Å²) in [5.41, 5.74) is 2.39. The minimum absolute atomic E-state index is 0.0956. The fourth-order valence-electron chi connectivity index (χ4n) is 5.31. The van der Waals surface area contributed by atoms with Gasteiger partial charge in [-0.25, -0.2) is 5.84 Å². The molecule has 1 aliphatic carbocycles. The van der Waals surface area contributed by atoms with Gasteiger partial charge in [0.05, 0.1) is 6.54 Å². The fourth-order valence-corrected chi connectivity index (χ4v) is 5.31. The molecule has 1 saturated heterocycles. The number of amides is 3. The summed E-state index contributed by atoms with van der Waals surface area (Å²) in [7, 11) is 3.83. The molecule has 35 heavy (non-hydrogen) atoms. The van der Waals surface area contributed by atoms with Gasteiger partial charge in [0.15, 0.2) is 0 Å². The molecule has 4 N–H and O–H groups in total. The smallest absolute Gasteiger partial charge is 0.299 e. The van der Waals surface area contributed by atoms with Crippen LogP contribution in [-0.2, 0) is 15.5 Å². The predicted octanol–water partition coefficient (Wildman–Crippen LogP) is 1.70. The highest BCUT2D eigenvalue weighted by Crippen LogP contribution is 2.50.